The van der Waals surface area contributed by atoms with Crippen LogP contribution in [0.3, 0.4) is 0 Å². The van der Waals surface area contributed by atoms with Gasteiger partial charge in [0.15, 0.2) is 0 Å². The number of hydrogen-bond acceptors (Lipinski definition) is 2. The van der Waals surface area contributed by atoms with Crippen molar-refractivity contribution in [3.8, 4) is 0 Å². The molecular formula is C11H18N2O2. The first kappa shape index (κ1) is 11.6. The number of furan rings is 1. The lowest BCUT2D eigenvalue weighted by molar-refractivity contribution is 0.233. The fraction of sp³-hybridized carbons (Fsp3) is 0.545. The Morgan fingerprint density at radius 2 is 2.20 bits per heavy atom. The Balaban J connectivity index is 2.25. The van der Waals surface area contributed by atoms with Gasteiger partial charge in [-0.15, -0.1) is 0 Å². The number of urea groups is 1. The molecule has 1 heterocycles. The van der Waals surface area contributed by atoms with E-state index in [2.05, 4.69) is 24.5 Å². The van der Waals surface area contributed by atoms with E-state index < -0.39 is 0 Å². The van der Waals surface area contributed by atoms with Gasteiger partial charge < -0.3 is 15.1 Å². The smallest absolute Gasteiger partial charge is 0.315 e. The minimum atomic E-state index is -0.160. The highest BCUT2D eigenvalue weighted by molar-refractivity contribution is 5.74. The molecule has 0 saturated heterocycles. The molecule has 1 rings (SSSR count). The molecule has 0 fully saturated rings. The van der Waals surface area contributed by atoms with Crippen molar-refractivity contribution in [2.45, 2.75) is 33.4 Å². The molecule has 1 aromatic heterocycles. The fourth-order valence-corrected chi connectivity index (χ4v) is 1.01. The topological polar surface area (TPSA) is 54.3 Å². The summed E-state index contributed by atoms with van der Waals surface area (Å²) >= 11 is 0. The lowest BCUT2D eigenvalue weighted by atomic mass is 10.1. The number of nitrogens with one attached hydrogen (secondary N) is 2. The summed E-state index contributed by atoms with van der Waals surface area (Å²) in [5.74, 6) is 1.18. The number of amides is 2. The average Bonchev–Trinajstić information content (AvgIpc) is 2.66. The normalized spacial score (nSPS) is 12.5. The predicted octanol–water partition coefficient (Wildman–Crippen LogP) is 2.12. The molecule has 84 valence electrons. The molecule has 0 aliphatic carbocycles. The fourth-order valence-electron chi connectivity index (χ4n) is 1.01. The van der Waals surface area contributed by atoms with Crippen molar-refractivity contribution in [2.24, 2.45) is 5.92 Å². The van der Waals surface area contributed by atoms with Crippen LogP contribution in [-0.4, -0.2) is 12.1 Å². The second-order valence-corrected chi connectivity index (χ2v) is 3.94. The summed E-state index contributed by atoms with van der Waals surface area (Å²) in [6.07, 6.45) is 1.59. The average molecular weight is 210 g/mol. The summed E-state index contributed by atoms with van der Waals surface area (Å²) in [6, 6.07) is 3.63. The summed E-state index contributed by atoms with van der Waals surface area (Å²) in [7, 11) is 0. The predicted molar refractivity (Wildman–Crippen MR) is 58.4 cm³/mol. The van der Waals surface area contributed by atoms with Crippen molar-refractivity contribution >= 4 is 6.03 Å². The summed E-state index contributed by atoms with van der Waals surface area (Å²) in [5, 5.41) is 5.58. The van der Waals surface area contributed by atoms with Crippen molar-refractivity contribution < 1.29 is 9.21 Å². The third-order valence-corrected chi connectivity index (χ3v) is 2.36. The van der Waals surface area contributed by atoms with Gasteiger partial charge in [0.25, 0.3) is 0 Å². The Morgan fingerprint density at radius 3 is 2.73 bits per heavy atom. The molecule has 0 saturated carbocycles. The third kappa shape index (κ3) is 4.06. The summed E-state index contributed by atoms with van der Waals surface area (Å²) in [5.41, 5.74) is 0. The van der Waals surface area contributed by atoms with Gasteiger partial charge in [0.05, 0.1) is 12.8 Å². The maximum atomic E-state index is 11.4. The summed E-state index contributed by atoms with van der Waals surface area (Å²) in [6.45, 7) is 6.54. The van der Waals surface area contributed by atoms with Crippen molar-refractivity contribution in [2.75, 3.05) is 0 Å². The van der Waals surface area contributed by atoms with Crippen LogP contribution in [0.15, 0.2) is 22.8 Å². The van der Waals surface area contributed by atoms with Crippen molar-refractivity contribution in [3.63, 3.8) is 0 Å². The van der Waals surface area contributed by atoms with E-state index >= 15 is 0 Å². The maximum absolute atomic E-state index is 11.4. The van der Waals surface area contributed by atoms with Gasteiger partial charge in [-0.1, -0.05) is 13.8 Å². The number of rotatable bonds is 4. The van der Waals surface area contributed by atoms with Gasteiger partial charge in [-0.2, -0.15) is 0 Å². The second kappa shape index (κ2) is 5.44. The zero-order chi connectivity index (χ0) is 11.3. The van der Waals surface area contributed by atoms with E-state index in [-0.39, 0.29) is 12.1 Å². The van der Waals surface area contributed by atoms with Gasteiger partial charge >= 0.3 is 6.03 Å². The lowest BCUT2D eigenvalue weighted by Crippen LogP contribution is -2.42. The molecule has 0 unspecified atom stereocenters. The van der Waals surface area contributed by atoms with E-state index in [1.54, 1.807) is 12.3 Å². The largest absolute Gasteiger partial charge is 0.467 e. The molecule has 0 bridgehead atoms. The van der Waals surface area contributed by atoms with Crippen molar-refractivity contribution in [3.05, 3.63) is 24.2 Å². The Kier molecular flexibility index (Phi) is 4.21. The highest BCUT2D eigenvalue weighted by Crippen LogP contribution is 2.00. The molecule has 0 aliphatic rings. The highest BCUT2D eigenvalue weighted by atomic mass is 16.3. The van der Waals surface area contributed by atoms with Gasteiger partial charge in [0.1, 0.15) is 5.76 Å². The van der Waals surface area contributed by atoms with Gasteiger partial charge in [0.2, 0.25) is 0 Å². The Labute approximate surface area is 90.0 Å². The van der Waals surface area contributed by atoms with Crippen LogP contribution in [0, 0.1) is 5.92 Å². The van der Waals surface area contributed by atoms with Crippen molar-refractivity contribution in [1.29, 1.82) is 0 Å². The molecule has 0 spiro atoms. The van der Waals surface area contributed by atoms with Crippen LogP contribution in [0.2, 0.25) is 0 Å². The SMILES string of the molecule is CC(C)[C@@H](C)NC(=O)NCc1ccco1. The van der Waals surface area contributed by atoms with Gasteiger partial charge in [0, 0.05) is 6.04 Å². The molecule has 0 aliphatic heterocycles. The van der Waals surface area contributed by atoms with Crippen LogP contribution >= 0.6 is 0 Å². The molecule has 0 radical (unpaired) electrons. The van der Waals surface area contributed by atoms with E-state index in [4.69, 9.17) is 4.42 Å². The first-order valence-corrected chi connectivity index (χ1v) is 5.16. The molecule has 0 aromatic carbocycles. The van der Waals surface area contributed by atoms with Gasteiger partial charge in [-0.3, -0.25) is 0 Å². The first-order valence-electron chi connectivity index (χ1n) is 5.16. The van der Waals surface area contributed by atoms with Crippen LogP contribution in [0.4, 0.5) is 4.79 Å². The third-order valence-electron chi connectivity index (χ3n) is 2.36. The molecule has 2 N–H and O–H groups in total. The number of carbonyl (C=O) groups is 1. The van der Waals surface area contributed by atoms with Crippen LogP contribution in [0.25, 0.3) is 0 Å². The van der Waals surface area contributed by atoms with Gasteiger partial charge in [-0.25, -0.2) is 4.79 Å². The van der Waals surface area contributed by atoms with E-state index in [0.717, 1.165) is 5.76 Å². The standard InChI is InChI=1S/C11H18N2O2/c1-8(2)9(3)13-11(14)12-7-10-5-4-6-15-10/h4-6,8-9H,7H2,1-3H3,(H2,12,13,14)/t9-/m1/s1. The molecular weight excluding hydrogens is 192 g/mol. The van der Waals surface area contributed by atoms with Crippen molar-refractivity contribution in [1.82, 2.24) is 10.6 Å². The van der Waals surface area contributed by atoms with E-state index in [0.29, 0.717) is 12.5 Å². The Hall–Kier alpha value is -1.45. The Morgan fingerprint density at radius 1 is 1.47 bits per heavy atom. The zero-order valence-electron chi connectivity index (χ0n) is 9.41. The van der Waals surface area contributed by atoms with E-state index in [9.17, 15) is 4.79 Å². The highest BCUT2D eigenvalue weighted by Gasteiger charge is 2.10. The minimum absolute atomic E-state index is 0.160. The quantitative estimate of drug-likeness (QED) is 0.799. The zero-order valence-corrected chi connectivity index (χ0v) is 9.41. The van der Waals surface area contributed by atoms with Gasteiger partial charge in [-0.05, 0) is 25.0 Å². The molecule has 15 heavy (non-hydrogen) atoms. The van der Waals surface area contributed by atoms with Crippen LogP contribution in [0.5, 0.6) is 0 Å². The van der Waals surface area contributed by atoms with E-state index in [1.807, 2.05) is 13.0 Å². The first-order chi connectivity index (χ1) is 7.09. The molecule has 1 atom stereocenters. The molecule has 4 heteroatoms. The maximum Gasteiger partial charge on any atom is 0.315 e. The summed E-state index contributed by atoms with van der Waals surface area (Å²) < 4.78 is 5.09. The molecule has 2 amide bonds. The second-order valence-electron chi connectivity index (χ2n) is 3.94. The number of carbonyl (C=O) groups excluding carboxylic acids is 1. The molecule has 1 aromatic rings. The Bertz CT molecular complexity index is 294. The lowest BCUT2D eigenvalue weighted by Gasteiger charge is -2.17. The van der Waals surface area contributed by atoms with Crippen LogP contribution in [-0.2, 0) is 6.54 Å². The van der Waals surface area contributed by atoms with E-state index in [1.165, 1.54) is 0 Å². The number of hydrogen-bond donors (Lipinski definition) is 2. The van der Waals surface area contributed by atoms with Crippen LogP contribution in [0.1, 0.15) is 26.5 Å². The van der Waals surface area contributed by atoms with Crippen LogP contribution < -0.4 is 10.6 Å². The monoisotopic (exact) mass is 210 g/mol. The summed E-state index contributed by atoms with van der Waals surface area (Å²) in [4.78, 5) is 11.4. The molecule has 4 nitrogen and oxygen atoms in total. The minimum Gasteiger partial charge on any atom is -0.467 e.